The van der Waals surface area contributed by atoms with Crippen LogP contribution in [0.2, 0.25) is 0 Å². The average Bonchev–Trinajstić information content (AvgIpc) is 3.10. The van der Waals surface area contributed by atoms with Crippen molar-refractivity contribution < 1.29 is 13.2 Å². The van der Waals surface area contributed by atoms with Crippen molar-refractivity contribution in [1.82, 2.24) is 9.55 Å². The number of anilines is 1. The van der Waals surface area contributed by atoms with E-state index in [0.717, 1.165) is 24.6 Å². The van der Waals surface area contributed by atoms with Gasteiger partial charge in [-0.25, -0.2) is 4.98 Å². The highest BCUT2D eigenvalue weighted by Crippen LogP contribution is 2.39. The molecular weight excluding hydrogens is 341 g/mol. The van der Waals surface area contributed by atoms with Crippen molar-refractivity contribution in [3.05, 3.63) is 54.1 Å². The van der Waals surface area contributed by atoms with Gasteiger partial charge in [0, 0.05) is 23.8 Å². The second-order valence-corrected chi connectivity index (χ2v) is 7.11. The summed E-state index contributed by atoms with van der Waals surface area (Å²) < 4.78 is 41.5. The fourth-order valence-electron chi connectivity index (χ4n) is 3.13. The van der Waals surface area contributed by atoms with Gasteiger partial charge in [-0.15, -0.1) is 0 Å². The molecule has 1 aliphatic carbocycles. The number of imidazole rings is 1. The Hall–Kier alpha value is -2.75. The smallest absolute Gasteiger partial charge is 0.378 e. The van der Waals surface area contributed by atoms with Gasteiger partial charge in [0.05, 0.1) is 29.6 Å². The first-order valence-corrected chi connectivity index (χ1v) is 8.27. The van der Waals surface area contributed by atoms with Crippen molar-refractivity contribution in [2.75, 3.05) is 5.32 Å². The number of nitriles is 1. The van der Waals surface area contributed by atoms with Crippen LogP contribution in [0.1, 0.15) is 37.8 Å². The Balaban J connectivity index is 1.93. The maximum Gasteiger partial charge on any atom is 0.417 e. The summed E-state index contributed by atoms with van der Waals surface area (Å²) in [6.07, 6.45) is 4.48. The highest BCUT2D eigenvalue weighted by atomic mass is 19.4. The number of benzene rings is 1. The zero-order valence-corrected chi connectivity index (χ0v) is 14.5. The SMILES string of the molecule is CC1(C)CCC(n2ccnc2)=CC1Nc1ccc(C#N)c(C(F)(F)F)c1. The van der Waals surface area contributed by atoms with Crippen LogP contribution < -0.4 is 5.32 Å². The molecule has 2 aromatic rings. The lowest BCUT2D eigenvalue weighted by Gasteiger charge is -2.38. The van der Waals surface area contributed by atoms with Crippen molar-refractivity contribution >= 4 is 11.4 Å². The lowest BCUT2D eigenvalue weighted by atomic mass is 9.75. The summed E-state index contributed by atoms with van der Waals surface area (Å²) in [5.74, 6) is 0. The Bertz CT molecular complexity index is 858. The molecule has 0 amide bonds. The van der Waals surface area contributed by atoms with Crippen molar-refractivity contribution in [1.29, 1.82) is 5.26 Å². The first kappa shape index (κ1) is 18.1. The van der Waals surface area contributed by atoms with Crippen LogP contribution in [0.4, 0.5) is 18.9 Å². The zero-order valence-electron chi connectivity index (χ0n) is 14.5. The third-order valence-corrected chi connectivity index (χ3v) is 4.83. The maximum atomic E-state index is 13.2. The van der Waals surface area contributed by atoms with Crippen molar-refractivity contribution in [3.63, 3.8) is 0 Å². The molecule has 1 N–H and O–H groups in total. The summed E-state index contributed by atoms with van der Waals surface area (Å²) in [6, 6.07) is 5.19. The minimum atomic E-state index is -4.57. The van der Waals surface area contributed by atoms with Gasteiger partial charge in [0.15, 0.2) is 0 Å². The van der Waals surface area contributed by atoms with Gasteiger partial charge < -0.3 is 9.88 Å². The first-order chi connectivity index (χ1) is 12.2. The molecule has 0 bridgehead atoms. The average molecular weight is 360 g/mol. The van der Waals surface area contributed by atoms with Crippen LogP contribution in [-0.2, 0) is 6.18 Å². The van der Waals surface area contributed by atoms with E-state index in [2.05, 4.69) is 24.1 Å². The molecule has 1 atom stereocenters. The van der Waals surface area contributed by atoms with Crippen LogP contribution in [-0.4, -0.2) is 15.6 Å². The van der Waals surface area contributed by atoms with E-state index in [1.54, 1.807) is 18.6 Å². The number of hydrogen-bond donors (Lipinski definition) is 1. The van der Waals surface area contributed by atoms with E-state index in [1.165, 1.54) is 12.1 Å². The number of nitrogens with one attached hydrogen (secondary N) is 1. The number of rotatable bonds is 3. The molecule has 3 rings (SSSR count). The molecule has 136 valence electrons. The summed E-state index contributed by atoms with van der Waals surface area (Å²) in [4.78, 5) is 4.05. The third-order valence-electron chi connectivity index (χ3n) is 4.83. The largest absolute Gasteiger partial charge is 0.417 e. The van der Waals surface area contributed by atoms with Gasteiger partial charge in [0.25, 0.3) is 0 Å². The number of allylic oxidation sites excluding steroid dienone is 1. The van der Waals surface area contributed by atoms with E-state index in [4.69, 9.17) is 5.26 Å². The second kappa shape index (κ2) is 6.52. The van der Waals surface area contributed by atoms with Gasteiger partial charge >= 0.3 is 6.18 Å². The van der Waals surface area contributed by atoms with Crippen LogP contribution in [0.15, 0.2) is 43.0 Å². The van der Waals surface area contributed by atoms with Crippen molar-refractivity contribution in [2.24, 2.45) is 5.41 Å². The maximum absolute atomic E-state index is 13.2. The van der Waals surface area contributed by atoms with Gasteiger partial charge in [-0.3, -0.25) is 0 Å². The number of alkyl halides is 3. The normalized spacial score (nSPS) is 19.5. The lowest BCUT2D eigenvalue weighted by molar-refractivity contribution is -0.137. The standard InChI is InChI=1S/C19H19F3N4/c1-18(2)6-5-15(26-8-7-24-12-26)10-17(18)25-14-4-3-13(11-23)16(9-14)19(20,21)22/h3-4,7-10,12,17,25H,5-6H2,1-2H3. The Morgan fingerprint density at radius 3 is 2.73 bits per heavy atom. The lowest BCUT2D eigenvalue weighted by Crippen LogP contribution is -2.37. The Morgan fingerprint density at radius 2 is 2.12 bits per heavy atom. The summed E-state index contributed by atoms with van der Waals surface area (Å²) in [5, 5.41) is 12.1. The van der Waals surface area contributed by atoms with Gasteiger partial charge in [-0.1, -0.05) is 13.8 Å². The van der Waals surface area contributed by atoms with E-state index in [0.29, 0.717) is 5.69 Å². The number of halogens is 3. The molecule has 0 radical (unpaired) electrons. The Labute approximate surface area is 150 Å². The molecule has 1 unspecified atom stereocenters. The van der Waals surface area contributed by atoms with E-state index >= 15 is 0 Å². The minimum Gasteiger partial charge on any atom is -0.378 e. The topological polar surface area (TPSA) is 53.6 Å². The van der Waals surface area contributed by atoms with E-state index in [1.807, 2.05) is 16.8 Å². The van der Waals surface area contributed by atoms with Crippen molar-refractivity contribution in [2.45, 2.75) is 38.9 Å². The van der Waals surface area contributed by atoms with Gasteiger partial charge in [0.2, 0.25) is 0 Å². The Morgan fingerprint density at radius 1 is 1.35 bits per heavy atom. The molecule has 0 saturated carbocycles. The molecule has 1 aliphatic rings. The first-order valence-electron chi connectivity index (χ1n) is 8.27. The fraction of sp³-hybridized carbons (Fsp3) is 0.368. The zero-order chi connectivity index (χ0) is 18.9. The summed E-state index contributed by atoms with van der Waals surface area (Å²) in [6.45, 7) is 4.17. The third kappa shape index (κ3) is 3.59. The number of hydrogen-bond acceptors (Lipinski definition) is 3. The predicted molar refractivity (Wildman–Crippen MR) is 93.1 cm³/mol. The number of nitrogens with zero attached hydrogens (tertiary/aromatic N) is 3. The molecule has 0 fully saturated rings. The van der Waals surface area contributed by atoms with Crippen molar-refractivity contribution in [3.8, 4) is 6.07 Å². The molecule has 1 aromatic carbocycles. The number of aromatic nitrogens is 2. The van der Waals surface area contributed by atoms with Crippen LogP contribution in [0.5, 0.6) is 0 Å². The van der Waals surface area contributed by atoms with Crippen LogP contribution >= 0.6 is 0 Å². The van der Waals surface area contributed by atoms with Gasteiger partial charge in [-0.05, 0) is 42.5 Å². The minimum absolute atomic E-state index is 0.129. The molecule has 4 nitrogen and oxygen atoms in total. The molecule has 1 heterocycles. The predicted octanol–water partition coefficient (Wildman–Crippen LogP) is 4.92. The van der Waals surface area contributed by atoms with Crippen LogP contribution in [0.25, 0.3) is 5.70 Å². The molecule has 1 aromatic heterocycles. The van der Waals surface area contributed by atoms with E-state index < -0.39 is 11.7 Å². The monoisotopic (exact) mass is 360 g/mol. The molecule has 7 heteroatoms. The fourth-order valence-corrected chi connectivity index (χ4v) is 3.13. The summed E-state index contributed by atoms with van der Waals surface area (Å²) in [7, 11) is 0. The molecule has 0 aliphatic heterocycles. The Kier molecular flexibility index (Phi) is 4.53. The quantitative estimate of drug-likeness (QED) is 0.846. The molecule has 0 spiro atoms. The van der Waals surface area contributed by atoms with Crippen LogP contribution in [0.3, 0.4) is 0 Å². The molecule has 26 heavy (non-hydrogen) atoms. The highest BCUT2D eigenvalue weighted by Gasteiger charge is 2.35. The van der Waals surface area contributed by atoms with Crippen LogP contribution in [0, 0.1) is 16.7 Å². The highest BCUT2D eigenvalue weighted by molar-refractivity contribution is 5.57. The molecule has 0 saturated heterocycles. The summed E-state index contributed by atoms with van der Waals surface area (Å²) >= 11 is 0. The van der Waals surface area contributed by atoms with E-state index in [9.17, 15) is 13.2 Å². The van der Waals surface area contributed by atoms with E-state index in [-0.39, 0.29) is 17.0 Å². The van der Waals surface area contributed by atoms with Gasteiger partial charge in [-0.2, -0.15) is 18.4 Å². The molecular formula is C19H19F3N4. The second-order valence-electron chi connectivity index (χ2n) is 7.11. The van der Waals surface area contributed by atoms with Gasteiger partial charge in [0.1, 0.15) is 0 Å². The summed E-state index contributed by atoms with van der Waals surface area (Å²) in [5.41, 5.74) is -0.0179.